The van der Waals surface area contributed by atoms with Gasteiger partial charge in [-0.1, -0.05) is 6.07 Å². The van der Waals surface area contributed by atoms with E-state index in [1.807, 2.05) is 13.8 Å². The van der Waals surface area contributed by atoms with E-state index in [9.17, 15) is 9.59 Å². The lowest BCUT2D eigenvalue weighted by Crippen LogP contribution is -2.37. The highest BCUT2D eigenvalue weighted by molar-refractivity contribution is 6.07. The maximum absolute atomic E-state index is 12.7. The topological polar surface area (TPSA) is 71.5 Å². The molecule has 6 nitrogen and oxygen atoms in total. The molecule has 1 aliphatic rings. The highest BCUT2D eigenvalue weighted by Crippen LogP contribution is 2.32. The van der Waals surface area contributed by atoms with E-state index < -0.39 is 0 Å². The molecule has 0 bridgehead atoms. The third-order valence-corrected chi connectivity index (χ3v) is 3.90. The van der Waals surface area contributed by atoms with Gasteiger partial charge in [0.25, 0.3) is 11.8 Å². The van der Waals surface area contributed by atoms with E-state index >= 15 is 0 Å². The molecule has 0 fully saturated rings. The van der Waals surface area contributed by atoms with Gasteiger partial charge in [-0.15, -0.1) is 0 Å². The maximum atomic E-state index is 12.7. The third kappa shape index (κ3) is 3.08. The van der Waals surface area contributed by atoms with Gasteiger partial charge in [0, 0.05) is 24.0 Å². The highest BCUT2D eigenvalue weighted by Gasteiger charge is 2.27. The minimum absolute atomic E-state index is 0.0853. The smallest absolute Gasteiger partial charge is 0.258 e. The van der Waals surface area contributed by atoms with Crippen molar-refractivity contribution >= 4 is 17.5 Å². The van der Waals surface area contributed by atoms with E-state index in [-0.39, 0.29) is 17.9 Å². The van der Waals surface area contributed by atoms with E-state index in [0.717, 1.165) is 0 Å². The van der Waals surface area contributed by atoms with Crippen LogP contribution in [0.1, 0.15) is 34.6 Å². The van der Waals surface area contributed by atoms with E-state index in [1.54, 1.807) is 47.6 Å². The summed E-state index contributed by atoms with van der Waals surface area (Å²) in [5.41, 5.74) is 1.45. The molecule has 1 aromatic heterocycles. The number of hydrogen-bond donors (Lipinski definition) is 1. The number of nitrogens with one attached hydrogen (secondary N) is 1. The molecule has 1 aliphatic heterocycles. The Balaban J connectivity index is 1.92. The molecule has 0 spiro atoms. The number of carbonyl (C=O) groups excluding carboxylic acids is 2. The molecule has 0 saturated heterocycles. The number of ether oxygens (including phenoxy) is 1. The van der Waals surface area contributed by atoms with Gasteiger partial charge in [-0.25, -0.2) is 0 Å². The van der Waals surface area contributed by atoms with Crippen LogP contribution in [0.5, 0.6) is 5.75 Å². The lowest BCUT2D eigenvalue weighted by molar-refractivity contribution is 0.0704. The quantitative estimate of drug-likeness (QED) is 0.941. The second kappa shape index (κ2) is 6.70. The fourth-order valence-corrected chi connectivity index (χ4v) is 2.65. The number of aromatic nitrogens is 1. The number of carbonyl (C=O) groups is 2. The fraction of sp³-hybridized carbons (Fsp3) is 0.278. The van der Waals surface area contributed by atoms with Crippen molar-refractivity contribution in [2.45, 2.75) is 19.9 Å². The standard InChI is InChI=1S/C18H19N3O3/c1-12(2)21-10-11-24-16-14(18(21)23)4-3-5-15(16)20-17(22)13-6-8-19-9-7-13/h3-9,12H,10-11H2,1-2H3,(H,20,22). The lowest BCUT2D eigenvalue weighted by Gasteiger charge is -2.24. The van der Waals surface area contributed by atoms with Gasteiger partial charge in [0.1, 0.15) is 6.61 Å². The van der Waals surface area contributed by atoms with Crippen LogP contribution in [0.2, 0.25) is 0 Å². The van der Waals surface area contributed by atoms with Crippen LogP contribution in [0.15, 0.2) is 42.7 Å². The normalized spacial score (nSPS) is 14.0. The summed E-state index contributed by atoms with van der Waals surface area (Å²) < 4.78 is 5.78. The molecule has 0 unspecified atom stereocenters. The molecule has 2 aromatic rings. The van der Waals surface area contributed by atoms with Crippen LogP contribution in [-0.2, 0) is 0 Å². The van der Waals surface area contributed by atoms with Crippen LogP contribution in [0.3, 0.4) is 0 Å². The van der Waals surface area contributed by atoms with Crippen LogP contribution < -0.4 is 10.1 Å². The largest absolute Gasteiger partial charge is 0.489 e. The number of para-hydroxylation sites is 1. The monoisotopic (exact) mass is 325 g/mol. The number of pyridine rings is 1. The van der Waals surface area contributed by atoms with E-state index in [0.29, 0.717) is 35.7 Å². The molecule has 24 heavy (non-hydrogen) atoms. The number of amides is 2. The van der Waals surface area contributed by atoms with E-state index in [1.165, 1.54) is 0 Å². The fourth-order valence-electron chi connectivity index (χ4n) is 2.65. The summed E-state index contributed by atoms with van der Waals surface area (Å²) in [5.74, 6) is 0.0670. The second-order valence-electron chi connectivity index (χ2n) is 5.81. The predicted octanol–water partition coefficient (Wildman–Crippen LogP) is 2.58. The lowest BCUT2D eigenvalue weighted by atomic mass is 10.1. The molecule has 2 amide bonds. The Labute approximate surface area is 140 Å². The summed E-state index contributed by atoms with van der Waals surface area (Å²) in [7, 11) is 0. The molecular weight excluding hydrogens is 306 g/mol. The first kappa shape index (κ1) is 16.0. The second-order valence-corrected chi connectivity index (χ2v) is 5.81. The number of rotatable bonds is 3. The number of benzene rings is 1. The Bertz CT molecular complexity index is 759. The number of anilines is 1. The molecule has 2 heterocycles. The maximum Gasteiger partial charge on any atom is 0.258 e. The summed E-state index contributed by atoms with van der Waals surface area (Å²) in [5, 5.41) is 2.82. The molecule has 0 radical (unpaired) electrons. The van der Waals surface area contributed by atoms with Crippen LogP contribution in [-0.4, -0.2) is 40.9 Å². The number of nitrogens with zero attached hydrogens (tertiary/aromatic N) is 2. The molecule has 0 aliphatic carbocycles. The van der Waals surface area contributed by atoms with Crippen molar-refractivity contribution in [3.8, 4) is 5.75 Å². The Morgan fingerprint density at radius 1 is 1.25 bits per heavy atom. The predicted molar refractivity (Wildman–Crippen MR) is 90.3 cm³/mol. The molecule has 1 N–H and O–H groups in total. The average Bonchev–Trinajstić information content (AvgIpc) is 2.76. The Kier molecular flexibility index (Phi) is 4.46. The van der Waals surface area contributed by atoms with Crippen molar-refractivity contribution in [2.75, 3.05) is 18.5 Å². The van der Waals surface area contributed by atoms with Gasteiger partial charge in [0.2, 0.25) is 0 Å². The third-order valence-electron chi connectivity index (χ3n) is 3.90. The molecule has 3 rings (SSSR count). The minimum Gasteiger partial charge on any atom is -0.489 e. The van der Waals surface area contributed by atoms with Gasteiger partial charge in [0.05, 0.1) is 17.8 Å². The van der Waals surface area contributed by atoms with Crippen LogP contribution in [0, 0.1) is 0 Å². The average molecular weight is 325 g/mol. The van der Waals surface area contributed by atoms with Gasteiger partial charge in [-0.2, -0.15) is 0 Å². The first-order valence-electron chi connectivity index (χ1n) is 7.86. The first-order chi connectivity index (χ1) is 11.6. The van der Waals surface area contributed by atoms with Gasteiger partial charge < -0.3 is 15.0 Å². The molecule has 124 valence electrons. The summed E-state index contributed by atoms with van der Waals surface area (Å²) >= 11 is 0. The molecule has 1 aromatic carbocycles. The molecule has 6 heteroatoms. The Hall–Kier alpha value is -2.89. The van der Waals surface area contributed by atoms with Crippen molar-refractivity contribution in [3.05, 3.63) is 53.9 Å². The zero-order valence-corrected chi connectivity index (χ0v) is 13.7. The molecule has 0 saturated carbocycles. The molecule has 0 atom stereocenters. The van der Waals surface area contributed by atoms with Crippen molar-refractivity contribution in [3.63, 3.8) is 0 Å². The van der Waals surface area contributed by atoms with Gasteiger partial charge >= 0.3 is 0 Å². The van der Waals surface area contributed by atoms with Gasteiger partial charge in [0.15, 0.2) is 5.75 Å². The number of hydrogen-bond acceptors (Lipinski definition) is 4. The van der Waals surface area contributed by atoms with Crippen LogP contribution in [0.4, 0.5) is 5.69 Å². The summed E-state index contributed by atoms with van der Waals surface area (Å²) in [4.78, 5) is 30.7. The Morgan fingerprint density at radius 3 is 2.71 bits per heavy atom. The summed E-state index contributed by atoms with van der Waals surface area (Å²) in [6.45, 7) is 4.85. The first-order valence-corrected chi connectivity index (χ1v) is 7.86. The van der Waals surface area contributed by atoms with Crippen molar-refractivity contribution in [1.29, 1.82) is 0 Å². The van der Waals surface area contributed by atoms with Crippen molar-refractivity contribution in [2.24, 2.45) is 0 Å². The van der Waals surface area contributed by atoms with Crippen LogP contribution in [0.25, 0.3) is 0 Å². The van der Waals surface area contributed by atoms with E-state index in [2.05, 4.69) is 10.3 Å². The van der Waals surface area contributed by atoms with Gasteiger partial charge in [-0.3, -0.25) is 14.6 Å². The zero-order chi connectivity index (χ0) is 17.1. The zero-order valence-electron chi connectivity index (χ0n) is 13.7. The van der Waals surface area contributed by atoms with Crippen LogP contribution >= 0.6 is 0 Å². The summed E-state index contributed by atoms with van der Waals surface area (Å²) in [6.07, 6.45) is 3.11. The minimum atomic E-state index is -0.271. The summed E-state index contributed by atoms with van der Waals surface area (Å²) in [6, 6.07) is 8.54. The van der Waals surface area contributed by atoms with Crippen molar-refractivity contribution < 1.29 is 14.3 Å². The van der Waals surface area contributed by atoms with E-state index in [4.69, 9.17) is 4.74 Å². The van der Waals surface area contributed by atoms with Crippen molar-refractivity contribution in [1.82, 2.24) is 9.88 Å². The Morgan fingerprint density at radius 2 is 2.00 bits per heavy atom. The number of fused-ring (bicyclic) bond motifs is 1. The highest BCUT2D eigenvalue weighted by atomic mass is 16.5. The SMILES string of the molecule is CC(C)N1CCOc2c(NC(=O)c3ccncc3)cccc2C1=O. The molecular formula is C18H19N3O3. The van der Waals surface area contributed by atoms with Gasteiger partial charge in [-0.05, 0) is 38.1 Å².